The number of carbonyl (C=O) groups excluding carboxylic acids is 1. The number of nitrogens with zero attached hydrogens (tertiary/aromatic N) is 3. The largest absolute Gasteiger partial charge is 0.465 e. The van der Waals surface area contributed by atoms with Crippen LogP contribution < -0.4 is 0 Å². The maximum absolute atomic E-state index is 13.4. The van der Waals surface area contributed by atoms with Crippen molar-refractivity contribution in [2.45, 2.75) is 44.6 Å². The Morgan fingerprint density at radius 2 is 1.75 bits per heavy atom. The lowest BCUT2D eigenvalue weighted by Crippen LogP contribution is -2.50. The van der Waals surface area contributed by atoms with Crippen LogP contribution >= 0.6 is 0 Å². The number of piperidine rings is 1. The van der Waals surface area contributed by atoms with E-state index in [0.717, 1.165) is 22.2 Å². The molecule has 0 atom stereocenters. The molecule has 3 aromatic rings. The summed E-state index contributed by atoms with van der Waals surface area (Å²) >= 11 is 0. The van der Waals surface area contributed by atoms with Crippen molar-refractivity contribution < 1.29 is 23.8 Å². The molecular weight excluding hydrogens is 413 g/mol. The molecule has 1 N–H and O–H groups in total. The molecule has 2 aromatic carbocycles. The van der Waals surface area contributed by atoms with Gasteiger partial charge < -0.3 is 14.7 Å². The molecule has 0 unspecified atom stereocenters. The van der Waals surface area contributed by atoms with E-state index in [1.807, 2.05) is 39.0 Å². The SMILES string of the molecule is CC(C)(C)OC(=O)C1(c2ccc3c(cnn3-c3ccc(F)cc3)c2)CCN(C(=O)O)CC1. The van der Waals surface area contributed by atoms with E-state index in [1.54, 1.807) is 23.0 Å². The van der Waals surface area contributed by atoms with Crippen molar-refractivity contribution in [1.82, 2.24) is 14.7 Å². The van der Waals surface area contributed by atoms with E-state index in [4.69, 9.17) is 4.74 Å². The first-order chi connectivity index (χ1) is 15.1. The van der Waals surface area contributed by atoms with E-state index in [2.05, 4.69) is 5.10 Å². The van der Waals surface area contributed by atoms with Crippen LogP contribution in [0.5, 0.6) is 0 Å². The summed E-state index contributed by atoms with van der Waals surface area (Å²) in [4.78, 5) is 26.1. The lowest BCUT2D eigenvalue weighted by atomic mass is 9.72. The predicted molar refractivity (Wildman–Crippen MR) is 117 cm³/mol. The highest BCUT2D eigenvalue weighted by molar-refractivity contribution is 5.88. The fraction of sp³-hybridized carbons (Fsp3) is 0.375. The molecule has 8 heteroatoms. The van der Waals surface area contributed by atoms with E-state index in [-0.39, 0.29) is 24.9 Å². The second-order valence-corrected chi connectivity index (χ2v) is 9.16. The fourth-order valence-electron chi connectivity index (χ4n) is 4.18. The number of fused-ring (bicyclic) bond motifs is 1. The van der Waals surface area contributed by atoms with Gasteiger partial charge in [-0.05, 0) is 75.6 Å². The number of hydrogen-bond acceptors (Lipinski definition) is 4. The highest BCUT2D eigenvalue weighted by atomic mass is 19.1. The van der Waals surface area contributed by atoms with Crippen LogP contribution in [0, 0.1) is 5.82 Å². The summed E-state index contributed by atoms with van der Waals surface area (Å²) < 4.78 is 20.8. The number of carboxylic acid groups (broad SMARTS) is 1. The van der Waals surface area contributed by atoms with Crippen molar-refractivity contribution in [3.63, 3.8) is 0 Å². The van der Waals surface area contributed by atoms with Gasteiger partial charge in [0.1, 0.15) is 11.4 Å². The quantitative estimate of drug-likeness (QED) is 0.607. The van der Waals surface area contributed by atoms with Crippen molar-refractivity contribution in [3.05, 3.63) is 60.0 Å². The molecule has 0 aliphatic carbocycles. The lowest BCUT2D eigenvalue weighted by Gasteiger charge is -2.40. The minimum absolute atomic E-state index is 0.251. The molecule has 0 spiro atoms. The average molecular weight is 439 g/mol. The predicted octanol–water partition coefficient (Wildman–Crippen LogP) is 4.52. The molecule has 1 aromatic heterocycles. The van der Waals surface area contributed by atoms with Crippen LogP contribution in [0.2, 0.25) is 0 Å². The molecule has 1 aliphatic rings. The summed E-state index contributed by atoms with van der Waals surface area (Å²) in [6, 6.07) is 11.7. The number of halogens is 1. The van der Waals surface area contributed by atoms with E-state index in [0.29, 0.717) is 12.8 Å². The van der Waals surface area contributed by atoms with Gasteiger partial charge in [-0.3, -0.25) is 4.79 Å². The number of hydrogen-bond donors (Lipinski definition) is 1. The van der Waals surface area contributed by atoms with Crippen LogP contribution in [0.25, 0.3) is 16.6 Å². The van der Waals surface area contributed by atoms with Crippen molar-refractivity contribution in [2.24, 2.45) is 0 Å². The molecule has 2 heterocycles. The molecule has 1 amide bonds. The Hall–Kier alpha value is -3.42. The van der Waals surface area contributed by atoms with Crippen molar-refractivity contribution in [3.8, 4) is 5.69 Å². The fourth-order valence-corrected chi connectivity index (χ4v) is 4.18. The van der Waals surface area contributed by atoms with Crippen molar-refractivity contribution in [2.75, 3.05) is 13.1 Å². The van der Waals surface area contributed by atoms with Gasteiger partial charge in [0.2, 0.25) is 0 Å². The topological polar surface area (TPSA) is 84.7 Å². The zero-order valence-corrected chi connectivity index (χ0v) is 18.3. The Balaban J connectivity index is 1.74. The van der Waals surface area contributed by atoms with Gasteiger partial charge in [0.05, 0.1) is 22.8 Å². The van der Waals surface area contributed by atoms with Crippen LogP contribution in [0.15, 0.2) is 48.7 Å². The minimum Gasteiger partial charge on any atom is -0.465 e. The second kappa shape index (κ2) is 7.93. The van der Waals surface area contributed by atoms with E-state index in [1.165, 1.54) is 17.0 Å². The van der Waals surface area contributed by atoms with Crippen LogP contribution in [-0.4, -0.2) is 50.5 Å². The molecule has 168 valence electrons. The number of rotatable bonds is 3. The van der Waals surface area contributed by atoms with Crippen LogP contribution in [0.3, 0.4) is 0 Å². The number of carbonyl (C=O) groups is 2. The molecule has 4 rings (SSSR count). The highest BCUT2D eigenvalue weighted by Gasteiger charge is 2.46. The molecule has 1 fully saturated rings. The molecule has 1 saturated heterocycles. The number of aromatic nitrogens is 2. The minimum atomic E-state index is -0.987. The van der Waals surface area contributed by atoms with E-state index < -0.39 is 17.1 Å². The third-order valence-electron chi connectivity index (χ3n) is 5.87. The number of esters is 1. The third kappa shape index (κ3) is 4.04. The maximum atomic E-state index is 13.4. The molecule has 0 bridgehead atoms. The average Bonchev–Trinajstić information content (AvgIpc) is 3.16. The normalized spacial score (nSPS) is 16.2. The molecular formula is C24H26FN3O4. The van der Waals surface area contributed by atoms with Gasteiger partial charge in [0.25, 0.3) is 0 Å². The van der Waals surface area contributed by atoms with Gasteiger partial charge in [0, 0.05) is 18.5 Å². The first-order valence-corrected chi connectivity index (χ1v) is 10.5. The third-order valence-corrected chi connectivity index (χ3v) is 5.87. The molecule has 0 radical (unpaired) electrons. The Kier molecular flexibility index (Phi) is 5.40. The molecule has 1 aliphatic heterocycles. The highest BCUT2D eigenvalue weighted by Crippen LogP contribution is 2.39. The Labute approximate surface area is 185 Å². The van der Waals surface area contributed by atoms with E-state index >= 15 is 0 Å². The van der Waals surface area contributed by atoms with Crippen LogP contribution in [-0.2, 0) is 14.9 Å². The summed E-state index contributed by atoms with van der Waals surface area (Å²) in [6.45, 7) is 5.96. The second-order valence-electron chi connectivity index (χ2n) is 9.16. The van der Waals surface area contributed by atoms with Gasteiger partial charge >= 0.3 is 12.1 Å². The Bertz CT molecular complexity index is 1160. The first-order valence-electron chi connectivity index (χ1n) is 10.5. The van der Waals surface area contributed by atoms with Gasteiger partial charge in [-0.15, -0.1) is 0 Å². The van der Waals surface area contributed by atoms with Gasteiger partial charge in [-0.2, -0.15) is 5.10 Å². The molecule has 32 heavy (non-hydrogen) atoms. The van der Waals surface area contributed by atoms with E-state index in [9.17, 15) is 19.1 Å². The Morgan fingerprint density at radius 1 is 1.09 bits per heavy atom. The number of benzene rings is 2. The number of likely N-dealkylation sites (tertiary alicyclic amines) is 1. The first kappa shape index (κ1) is 21.8. The molecule has 0 saturated carbocycles. The van der Waals surface area contributed by atoms with Gasteiger partial charge in [-0.1, -0.05) is 6.07 Å². The van der Waals surface area contributed by atoms with Gasteiger partial charge in [0.15, 0.2) is 0 Å². The zero-order chi connectivity index (χ0) is 23.1. The Morgan fingerprint density at radius 3 is 2.34 bits per heavy atom. The van der Waals surface area contributed by atoms with Crippen molar-refractivity contribution >= 4 is 23.0 Å². The summed E-state index contributed by atoms with van der Waals surface area (Å²) in [7, 11) is 0. The van der Waals surface area contributed by atoms with Crippen LogP contribution in [0.4, 0.5) is 9.18 Å². The number of amides is 1. The van der Waals surface area contributed by atoms with Crippen molar-refractivity contribution in [1.29, 1.82) is 0 Å². The summed E-state index contributed by atoms with van der Waals surface area (Å²) in [5, 5.41) is 14.6. The number of ether oxygens (including phenoxy) is 1. The van der Waals surface area contributed by atoms with Crippen LogP contribution in [0.1, 0.15) is 39.2 Å². The smallest absolute Gasteiger partial charge is 0.407 e. The van der Waals surface area contributed by atoms with Gasteiger partial charge in [-0.25, -0.2) is 13.9 Å². The standard InChI is InChI=1S/C24H26FN3O4/c1-23(2,3)32-21(29)24(10-12-27(13-11-24)22(30)31)17-4-9-20-16(14-17)15-26-28(20)19-7-5-18(25)6-8-19/h4-9,14-15H,10-13H2,1-3H3,(H,30,31). The monoisotopic (exact) mass is 439 g/mol. The zero-order valence-electron chi connectivity index (χ0n) is 18.3. The summed E-state index contributed by atoms with van der Waals surface area (Å²) in [5.74, 6) is -0.667. The molecule has 7 nitrogen and oxygen atoms in total. The summed E-state index contributed by atoms with van der Waals surface area (Å²) in [5.41, 5.74) is 0.730. The summed E-state index contributed by atoms with van der Waals surface area (Å²) in [6.07, 6.45) is 1.40. The maximum Gasteiger partial charge on any atom is 0.407 e. The lowest BCUT2D eigenvalue weighted by molar-refractivity contribution is -0.164.